The molecule has 0 fully saturated rings. The summed E-state index contributed by atoms with van der Waals surface area (Å²) < 4.78 is 0. The van der Waals surface area contributed by atoms with Gasteiger partial charge in [0, 0.05) is 11.9 Å². The standard InChI is InChI=1S/C11H17N3S2/c1-8(2)5-4-6-14(10(12)15)11-13-9(3)7-16-11/h5,7H,4,6H2,1-3H3,(H2,12,15). The molecule has 1 aromatic rings. The highest BCUT2D eigenvalue weighted by Gasteiger charge is 2.11. The second-order valence-corrected chi connectivity index (χ2v) is 5.09. The number of aryl methyl sites for hydroxylation is 1. The molecule has 1 rings (SSSR count). The maximum Gasteiger partial charge on any atom is 0.191 e. The molecule has 16 heavy (non-hydrogen) atoms. The van der Waals surface area contributed by atoms with E-state index in [-0.39, 0.29) is 0 Å². The van der Waals surface area contributed by atoms with Gasteiger partial charge in [-0.15, -0.1) is 11.3 Å². The van der Waals surface area contributed by atoms with Crippen LogP contribution in [0.3, 0.4) is 0 Å². The number of rotatable bonds is 4. The summed E-state index contributed by atoms with van der Waals surface area (Å²) in [5, 5.41) is 3.27. The summed E-state index contributed by atoms with van der Waals surface area (Å²) in [5.74, 6) is 0. The molecule has 0 amide bonds. The number of thiocarbonyl (C=S) groups is 1. The lowest BCUT2D eigenvalue weighted by Crippen LogP contribution is -2.36. The number of anilines is 1. The second kappa shape index (κ2) is 5.96. The predicted molar refractivity (Wildman–Crippen MR) is 75.0 cm³/mol. The molecule has 0 radical (unpaired) electrons. The van der Waals surface area contributed by atoms with Crippen molar-refractivity contribution in [2.75, 3.05) is 11.4 Å². The molecule has 0 spiro atoms. The van der Waals surface area contributed by atoms with Gasteiger partial charge in [-0.2, -0.15) is 0 Å². The molecule has 0 aliphatic carbocycles. The number of thiazole rings is 1. The molecule has 0 saturated carbocycles. The Balaban J connectivity index is 2.69. The maximum atomic E-state index is 5.70. The summed E-state index contributed by atoms with van der Waals surface area (Å²) in [6.07, 6.45) is 3.10. The lowest BCUT2D eigenvalue weighted by Gasteiger charge is -2.18. The second-order valence-electron chi connectivity index (χ2n) is 3.83. The van der Waals surface area contributed by atoms with Gasteiger partial charge in [0.05, 0.1) is 5.69 Å². The van der Waals surface area contributed by atoms with E-state index in [9.17, 15) is 0 Å². The Morgan fingerprint density at radius 3 is 2.75 bits per heavy atom. The van der Waals surface area contributed by atoms with Crippen molar-refractivity contribution in [2.24, 2.45) is 5.73 Å². The number of hydrogen-bond acceptors (Lipinski definition) is 3. The Morgan fingerprint density at radius 1 is 1.62 bits per heavy atom. The molecule has 2 N–H and O–H groups in total. The van der Waals surface area contributed by atoms with Crippen molar-refractivity contribution in [3.05, 3.63) is 22.7 Å². The fraction of sp³-hybridized carbons (Fsp3) is 0.455. The monoisotopic (exact) mass is 255 g/mol. The average Bonchev–Trinajstić information content (AvgIpc) is 2.58. The van der Waals surface area contributed by atoms with E-state index in [2.05, 4.69) is 24.9 Å². The van der Waals surface area contributed by atoms with E-state index in [0.717, 1.165) is 23.8 Å². The summed E-state index contributed by atoms with van der Waals surface area (Å²) >= 11 is 6.61. The molecule has 0 aliphatic heterocycles. The first kappa shape index (κ1) is 13.1. The van der Waals surface area contributed by atoms with Gasteiger partial charge in [-0.3, -0.25) is 4.90 Å². The highest BCUT2D eigenvalue weighted by molar-refractivity contribution is 7.80. The molecule has 1 aromatic heterocycles. The van der Waals surface area contributed by atoms with E-state index in [1.165, 1.54) is 5.57 Å². The Morgan fingerprint density at radius 2 is 2.31 bits per heavy atom. The molecular weight excluding hydrogens is 238 g/mol. The first-order chi connectivity index (χ1) is 7.50. The van der Waals surface area contributed by atoms with Crippen LogP contribution in [-0.4, -0.2) is 16.6 Å². The maximum absolute atomic E-state index is 5.70. The quantitative estimate of drug-likeness (QED) is 0.663. The fourth-order valence-electron chi connectivity index (χ4n) is 1.25. The van der Waals surface area contributed by atoms with Gasteiger partial charge < -0.3 is 5.73 Å². The third-order valence-electron chi connectivity index (χ3n) is 2.01. The summed E-state index contributed by atoms with van der Waals surface area (Å²) in [6.45, 7) is 6.92. The smallest absolute Gasteiger partial charge is 0.191 e. The number of nitrogens with two attached hydrogens (primary N) is 1. The zero-order valence-corrected chi connectivity index (χ0v) is 11.5. The third-order valence-corrected chi connectivity index (χ3v) is 3.21. The normalized spacial score (nSPS) is 9.94. The predicted octanol–water partition coefficient (Wildman–Crippen LogP) is 2.86. The molecule has 0 aromatic carbocycles. The molecule has 1 heterocycles. The zero-order chi connectivity index (χ0) is 12.1. The molecule has 0 bridgehead atoms. The van der Waals surface area contributed by atoms with Gasteiger partial charge in [0.25, 0.3) is 0 Å². The minimum Gasteiger partial charge on any atom is -0.376 e. The number of hydrogen-bond donors (Lipinski definition) is 1. The van der Waals surface area contributed by atoms with Crippen molar-refractivity contribution in [3.63, 3.8) is 0 Å². The van der Waals surface area contributed by atoms with E-state index in [0.29, 0.717) is 5.11 Å². The van der Waals surface area contributed by atoms with Gasteiger partial charge in [0.2, 0.25) is 0 Å². The van der Waals surface area contributed by atoms with E-state index < -0.39 is 0 Å². The molecule has 3 nitrogen and oxygen atoms in total. The number of allylic oxidation sites excluding steroid dienone is 1. The highest BCUT2D eigenvalue weighted by Crippen LogP contribution is 2.20. The van der Waals surface area contributed by atoms with Crippen LogP contribution in [0.4, 0.5) is 5.13 Å². The van der Waals surface area contributed by atoms with Crippen LogP contribution in [0.5, 0.6) is 0 Å². The zero-order valence-electron chi connectivity index (χ0n) is 9.86. The van der Waals surface area contributed by atoms with Gasteiger partial charge in [-0.05, 0) is 39.4 Å². The van der Waals surface area contributed by atoms with Gasteiger partial charge in [-0.1, -0.05) is 11.6 Å². The lowest BCUT2D eigenvalue weighted by atomic mass is 10.2. The summed E-state index contributed by atoms with van der Waals surface area (Å²) in [7, 11) is 0. The Labute approximate surface area is 106 Å². The van der Waals surface area contributed by atoms with Crippen LogP contribution in [-0.2, 0) is 0 Å². The van der Waals surface area contributed by atoms with Crippen LogP contribution in [0, 0.1) is 6.92 Å². The van der Waals surface area contributed by atoms with Crippen LogP contribution < -0.4 is 10.6 Å². The van der Waals surface area contributed by atoms with Crippen LogP contribution >= 0.6 is 23.6 Å². The van der Waals surface area contributed by atoms with E-state index in [1.54, 1.807) is 11.3 Å². The Bertz CT molecular complexity index is 392. The Kier molecular flexibility index (Phi) is 4.89. The van der Waals surface area contributed by atoms with Gasteiger partial charge in [0.15, 0.2) is 10.2 Å². The first-order valence-electron chi connectivity index (χ1n) is 5.13. The largest absolute Gasteiger partial charge is 0.376 e. The minimum atomic E-state index is 0.386. The van der Waals surface area contributed by atoms with Crippen molar-refractivity contribution >= 4 is 33.8 Å². The van der Waals surface area contributed by atoms with Gasteiger partial charge in [-0.25, -0.2) is 4.98 Å². The summed E-state index contributed by atoms with van der Waals surface area (Å²) in [4.78, 5) is 6.27. The first-order valence-corrected chi connectivity index (χ1v) is 6.42. The van der Waals surface area contributed by atoms with Crippen LogP contribution in [0.25, 0.3) is 0 Å². The molecule has 0 atom stereocenters. The van der Waals surface area contributed by atoms with Gasteiger partial charge >= 0.3 is 0 Å². The number of aromatic nitrogens is 1. The molecular formula is C11H17N3S2. The molecule has 0 saturated heterocycles. The average molecular weight is 255 g/mol. The third kappa shape index (κ3) is 3.90. The molecule has 0 unspecified atom stereocenters. The molecule has 5 heteroatoms. The minimum absolute atomic E-state index is 0.386. The molecule has 0 aliphatic rings. The van der Waals surface area contributed by atoms with Crippen LogP contribution in [0.2, 0.25) is 0 Å². The molecule has 88 valence electrons. The van der Waals surface area contributed by atoms with Crippen molar-refractivity contribution < 1.29 is 0 Å². The van der Waals surface area contributed by atoms with Gasteiger partial charge in [0.1, 0.15) is 0 Å². The van der Waals surface area contributed by atoms with Crippen LogP contribution in [0.1, 0.15) is 26.0 Å². The van der Waals surface area contributed by atoms with E-state index in [1.807, 2.05) is 17.2 Å². The lowest BCUT2D eigenvalue weighted by molar-refractivity contribution is 0.947. The SMILES string of the molecule is CC(C)=CCCN(C(N)=S)c1nc(C)cs1. The van der Waals surface area contributed by atoms with Crippen molar-refractivity contribution in [3.8, 4) is 0 Å². The van der Waals surface area contributed by atoms with Crippen LogP contribution in [0.15, 0.2) is 17.0 Å². The van der Waals surface area contributed by atoms with Crippen molar-refractivity contribution in [1.29, 1.82) is 0 Å². The fourth-order valence-corrected chi connectivity index (χ4v) is 2.33. The van der Waals surface area contributed by atoms with E-state index >= 15 is 0 Å². The number of nitrogens with zero attached hydrogens (tertiary/aromatic N) is 2. The van der Waals surface area contributed by atoms with Crippen molar-refractivity contribution in [1.82, 2.24) is 4.98 Å². The summed E-state index contributed by atoms with van der Waals surface area (Å²) in [5.41, 5.74) is 8.01. The van der Waals surface area contributed by atoms with Crippen molar-refractivity contribution in [2.45, 2.75) is 27.2 Å². The highest BCUT2D eigenvalue weighted by atomic mass is 32.1. The topological polar surface area (TPSA) is 42.1 Å². The van der Waals surface area contributed by atoms with E-state index in [4.69, 9.17) is 18.0 Å². The Hall–Kier alpha value is -0.940. The summed E-state index contributed by atoms with van der Waals surface area (Å²) in [6, 6.07) is 0.